The Hall–Kier alpha value is -1.35. The maximum Gasteiger partial charge on any atom is 0.137 e. The topological polar surface area (TPSA) is 43.3 Å². The van der Waals surface area contributed by atoms with E-state index in [-0.39, 0.29) is 5.41 Å². The Morgan fingerprint density at radius 2 is 2.27 bits per heavy atom. The average Bonchev–Trinajstić information content (AvgIpc) is 2.95. The highest BCUT2D eigenvalue weighted by molar-refractivity contribution is 5.46. The van der Waals surface area contributed by atoms with E-state index in [9.17, 15) is 0 Å². The quantitative estimate of drug-likeness (QED) is 0.802. The van der Waals surface area contributed by atoms with Crippen LogP contribution in [-0.2, 0) is 5.41 Å². The normalized spacial score (nSPS) is 18.3. The van der Waals surface area contributed by atoms with Crippen LogP contribution >= 0.6 is 0 Å². The lowest BCUT2D eigenvalue weighted by Gasteiger charge is -2.13. The molecular weight excluding hydrogens is 186 g/mol. The monoisotopic (exact) mass is 201 g/mol. The Balaban J connectivity index is 2.29. The number of fused-ring (bicyclic) bond motifs is 1. The van der Waals surface area contributed by atoms with Gasteiger partial charge >= 0.3 is 0 Å². The molecular formula is C12H15N3. The van der Waals surface area contributed by atoms with Crippen LogP contribution in [-0.4, -0.2) is 15.9 Å². The summed E-state index contributed by atoms with van der Waals surface area (Å²) in [6, 6.07) is 6.11. The summed E-state index contributed by atoms with van der Waals surface area (Å²) in [6.45, 7) is 2.81. The number of nitrogens with two attached hydrogens (primary N) is 1. The van der Waals surface area contributed by atoms with Gasteiger partial charge in [0, 0.05) is 18.2 Å². The van der Waals surface area contributed by atoms with E-state index in [0.717, 1.165) is 17.9 Å². The van der Waals surface area contributed by atoms with Crippen LogP contribution in [0.4, 0.5) is 0 Å². The molecule has 0 aromatic carbocycles. The van der Waals surface area contributed by atoms with Gasteiger partial charge < -0.3 is 10.1 Å². The average molecular weight is 201 g/mol. The molecule has 0 radical (unpaired) electrons. The van der Waals surface area contributed by atoms with Crippen LogP contribution in [0.25, 0.3) is 5.65 Å². The number of hydrogen-bond acceptors (Lipinski definition) is 2. The maximum absolute atomic E-state index is 5.88. The summed E-state index contributed by atoms with van der Waals surface area (Å²) in [5.41, 5.74) is 9.57. The van der Waals surface area contributed by atoms with E-state index in [1.54, 1.807) is 0 Å². The maximum atomic E-state index is 5.88. The van der Waals surface area contributed by atoms with Crippen LogP contribution in [0.3, 0.4) is 0 Å². The molecule has 0 aliphatic heterocycles. The molecule has 0 bridgehead atoms. The van der Waals surface area contributed by atoms with Crippen molar-refractivity contribution in [1.82, 2.24) is 9.38 Å². The van der Waals surface area contributed by atoms with Gasteiger partial charge in [0.05, 0.1) is 11.4 Å². The summed E-state index contributed by atoms with van der Waals surface area (Å²) < 4.78 is 2.19. The Morgan fingerprint density at radius 3 is 2.93 bits per heavy atom. The third-order valence-corrected chi connectivity index (χ3v) is 3.45. The van der Waals surface area contributed by atoms with E-state index < -0.39 is 0 Å². The molecule has 1 aliphatic rings. The van der Waals surface area contributed by atoms with Crippen molar-refractivity contribution in [2.45, 2.75) is 25.2 Å². The van der Waals surface area contributed by atoms with Gasteiger partial charge in [0.25, 0.3) is 0 Å². The fourth-order valence-electron chi connectivity index (χ4n) is 2.44. The van der Waals surface area contributed by atoms with Gasteiger partial charge in [0.1, 0.15) is 5.65 Å². The zero-order valence-electron chi connectivity index (χ0n) is 8.90. The third-order valence-electron chi connectivity index (χ3n) is 3.45. The van der Waals surface area contributed by atoms with Crippen molar-refractivity contribution in [2.75, 3.05) is 6.54 Å². The number of rotatable bonds is 2. The first kappa shape index (κ1) is 8.92. The van der Waals surface area contributed by atoms with E-state index >= 15 is 0 Å². The zero-order chi connectivity index (χ0) is 10.5. The molecule has 0 saturated heterocycles. The van der Waals surface area contributed by atoms with Crippen molar-refractivity contribution in [3.05, 3.63) is 35.8 Å². The molecule has 2 N–H and O–H groups in total. The highest BCUT2D eigenvalue weighted by Crippen LogP contribution is 2.48. The number of aryl methyl sites for hydroxylation is 1. The minimum absolute atomic E-state index is 0.213. The zero-order valence-corrected chi connectivity index (χ0v) is 8.90. The molecule has 0 unspecified atom stereocenters. The van der Waals surface area contributed by atoms with Gasteiger partial charge in [0.2, 0.25) is 0 Å². The van der Waals surface area contributed by atoms with E-state index in [4.69, 9.17) is 5.73 Å². The van der Waals surface area contributed by atoms with Gasteiger partial charge in [-0.15, -0.1) is 0 Å². The lowest BCUT2D eigenvalue weighted by Crippen LogP contribution is -2.22. The Labute approximate surface area is 88.9 Å². The predicted molar refractivity (Wildman–Crippen MR) is 59.9 cm³/mol. The fraction of sp³-hybridized carbons (Fsp3) is 0.417. The third kappa shape index (κ3) is 1.13. The number of aromatic nitrogens is 2. The van der Waals surface area contributed by atoms with Crippen molar-refractivity contribution < 1.29 is 0 Å². The fourth-order valence-corrected chi connectivity index (χ4v) is 2.44. The van der Waals surface area contributed by atoms with Crippen LogP contribution < -0.4 is 5.73 Å². The van der Waals surface area contributed by atoms with Crippen LogP contribution in [0.15, 0.2) is 24.4 Å². The van der Waals surface area contributed by atoms with Crippen LogP contribution in [0.1, 0.15) is 24.2 Å². The molecule has 78 valence electrons. The molecule has 1 aliphatic carbocycles. The molecule has 2 heterocycles. The first-order valence-electron chi connectivity index (χ1n) is 5.41. The summed E-state index contributed by atoms with van der Waals surface area (Å²) in [5, 5.41) is 0. The van der Waals surface area contributed by atoms with Crippen molar-refractivity contribution in [3.8, 4) is 0 Å². The predicted octanol–water partition coefficient (Wildman–Crippen LogP) is 1.63. The molecule has 2 aromatic heterocycles. The second kappa shape index (κ2) is 2.83. The molecule has 2 aromatic rings. The van der Waals surface area contributed by atoms with Gasteiger partial charge in [-0.2, -0.15) is 0 Å². The van der Waals surface area contributed by atoms with E-state index in [1.165, 1.54) is 18.5 Å². The first-order chi connectivity index (χ1) is 7.27. The lowest BCUT2D eigenvalue weighted by atomic mass is 10.0. The van der Waals surface area contributed by atoms with Crippen molar-refractivity contribution in [3.63, 3.8) is 0 Å². The van der Waals surface area contributed by atoms with Gasteiger partial charge in [-0.25, -0.2) is 4.98 Å². The van der Waals surface area contributed by atoms with E-state index in [0.29, 0.717) is 0 Å². The molecule has 15 heavy (non-hydrogen) atoms. The highest BCUT2D eigenvalue weighted by Gasteiger charge is 2.46. The van der Waals surface area contributed by atoms with Crippen LogP contribution in [0.2, 0.25) is 0 Å². The summed E-state index contributed by atoms with van der Waals surface area (Å²) in [5.74, 6) is 0. The first-order valence-corrected chi connectivity index (χ1v) is 5.41. The largest absolute Gasteiger partial charge is 0.330 e. The number of hydrogen-bond donors (Lipinski definition) is 1. The summed E-state index contributed by atoms with van der Waals surface area (Å²) in [7, 11) is 0. The lowest BCUT2D eigenvalue weighted by molar-refractivity contribution is 0.665. The molecule has 3 nitrogen and oxygen atoms in total. The summed E-state index contributed by atoms with van der Waals surface area (Å²) in [4.78, 5) is 4.57. The molecule has 0 amide bonds. The Kier molecular flexibility index (Phi) is 1.68. The Morgan fingerprint density at radius 1 is 1.47 bits per heavy atom. The highest BCUT2D eigenvalue weighted by atomic mass is 15.0. The van der Waals surface area contributed by atoms with Crippen molar-refractivity contribution >= 4 is 5.65 Å². The summed E-state index contributed by atoms with van der Waals surface area (Å²) in [6.07, 6.45) is 4.49. The van der Waals surface area contributed by atoms with Crippen LogP contribution in [0, 0.1) is 6.92 Å². The summed E-state index contributed by atoms with van der Waals surface area (Å²) >= 11 is 0. The number of pyridine rings is 1. The Bertz CT molecular complexity index is 509. The number of imidazole rings is 1. The molecule has 3 heteroatoms. The van der Waals surface area contributed by atoms with Crippen LogP contribution in [0.5, 0.6) is 0 Å². The van der Waals surface area contributed by atoms with Gasteiger partial charge in [-0.05, 0) is 31.9 Å². The van der Waals surface area contributed by atoms with Crippen molar-refractivity contribution in [1.29, 1.82) is 0 Å². The van der Waals surface area contributed by atoms with E-state index in [2.05, 4.69) is 22.5 Å². The molecule has 0 atom stereocenters. The molecule has 0 spiro atoms. The number of nitrogens with zero attached hydrogens (tertiary/aromatic N) is 2. The smallest absolute Gasteiger partial charge is 0.137 e. The minimum atomic E-state index is 0.213. The van der Waals surface area contributed by atoms with Gasteiger partial charge in [-0.3, -0.25) is 0 Å². The SMILES string of the molecule is Cc1nc2ccccn2c1C1(CN)CC1. The van der Waals surface area contributed by atoms with Crippen molar-refractivity contribution in [2.24, 2.45) is 5.73 Å². The van der Waals surface area contributed by atoms with Gasteiger partial charge in [0.15, 0.2) is 0 Å². The molecule has 1 fully saturated rings. The molecule has 1 saturated carbocycles. The van der Waals surface area contributed by atoms with Gasteiger partial charge in [-0.1, -0.05) is 6.07 Å². The standard InChI is InChI=1S/C12H15N3/c1-9-11(12(8-13)5-6-12)15-7-3-2-4-10(15)14-9/h2-4,7H,5-6,8,13H2,1H3. The molecule has 3 rings (SSSR count). The second-order valence-electron chi connectivity index (χ2n) is 4.46. The second-order valence-corrected chi connectivity index (χ2v) is 4.46. The van der Waals surface area contributed by atoms with E-state index in [1.807, 2.05) is 18.2 Å². The minimum Gasteiger partial charge on any atom is -0.330 e.